The van der Waals surface area contributed by atoms with E-state index in [0.29, 0.717) is 52.5 Å². The van der Waals surface area contributed by atoms with E-state index in [1.807, 2.05) is 6.66 Å². The van der Waals surface area contributed by atoms with Crippen LogP contribution in [0.4, 0.5) is 20.2 Å². The van der Waals surface area contributed by atoms with E-state index >= 15 is 0 Å². The zero-order valence-electron chi connectivity index (χ0n) is 50.0. The van der Waals surface area contributed by atoms with Crippen LogP contribution in [0.1, 0.15) is 113 Å². The molecule has 0 saturated carbocycles. The van der Waals surface area contributed by atoms with Crippen molar-refractivity contribution in [2.24, 2.45) is 17.8 Å². The molecule has 9 rings (SSSR count). The van der Waals surface area contributed by atoms with Crippen LogP contribution in [0.3, 0.4) is 0 Å². The molecule has 14 atom stereocenters. The van der Waals surface area contributed by atoms with Crippen molar-refractivity contribution in [2.75, 3.05) is 73.1 Å². The van der Waals surface area contributed by atoms with E-state index in [4.69, 9.17) is 16.9 Å². The van der Waals surface area contributed by atoms with Crippen LogP contribution >= 0.6 is 98.2 Å². The number of esters is 3. The van der Waals surface area contributed by atoms with Crippen molar-refractivity contribution in [3.05, 3.63) is 96.6 Å². The number of piperidine rings is 3. The van der Waals surface area contributed by atoms with E-state index in [0.717, 1.165) is 69.8 Å². The van der Waals surface area contributed by atoms with Crippen LogP contribution in [0.25, 0.3) is 0 Å². The van der Waals surface area contributed by atoms with E-state index in [9.17, 15) is 34.6 Å². The summed E-state index contributed by atoms with van der Waals surface area (Å²) < 4.78 is 89.0. The number of hydrogen-bond donors (Lipinski definition) is 1. The molecule has 6 saturated heterocycles. The van der Waals surface area contributed by atoms with Gasteiger partial charge in [-0.25, -0.2) is 4.20 Å². The number of ether oxygens (including phenoxy) is 3. The zero-order valence-corrected chi connectivity index (χ0v) is 63.6. The molecule has 6 bridgehead atoms. The average Bonchev–Trinajstić information content (AvgIpc) is 4.35. The first kappa shape index (κ1) is 72.5. The number of alkyl halides is 4. The first-order chi connectivity index (χ1) is 39.8. The maximum absolute atomic E-state index is 12.7. The summed E-state index contributed by atoms with van der Waals surface area (Å²) in [6.07, 6.45) is 11.2. The fraction of sp³-hybridized carbons (Fsp3) is 0.644. The molecule has 6 aliphatic heterocycles. The molecular weight excluding hydrogens is 1700 g/mol. The second-order valence-electron chi connectivity index (χ2n) is 21.9. The summed E-state index contributed by atoms with van der Waals surface area (Å²) in [7, 11) is 4.79. The predicted octanol–water partition coefficient (Wildman–Crippen LogP) is 14.8. The third-order valence-corrected chi connectivity index (χ3v) is 24.3. The Morgan fingerprint density at radius 2 is 1.05 bits per heavy atom. The molecule has 0 spiro atoms. The van der Waals surface area contributed by atoms with E-state index < -0.39 is 24.3 Å². The van der Waals surface area contributed by atoms with Gasteiger partial charge in [-0.15, -0.1) is 9.18 Å². The number of methoxy groups -OCH3 is 3. The molecule has 22 heteroatoms. The molecule has 3 aromatic rings. The van der Waals surface area contributed by atoms with Crippen molar-refractivity contribution in [3.8, 4) is 0 Å². The molecular formula is C59H87BrF5I3N3O6P2Sn2. The van der Waals surface area contributed by atoms with Crippen LogP contribution in [0.15, 0.2) is 72.8 Å². The Morgan fingerprint density at radius 1 is 0.679 bits per heavy atom. The van der Waals surface area contributed by atoms with Gasteiger partial charge in [-0.05, 0) is 161 Å². The number of carbonyl (C=O) groups is 3. The molecule has 14 unspecified atom stereocenters. The number of nitrogens with zero attached hydrogens (tertiary/aromatic N) is 2. The third kappa shape index (κ3) is 22.9. The molecule has 0 amide bonds. The van der Waals surface area contributed by atoms with Gasteiger partial charge < -0.3 is 14.8 Å². The third-order valence-electron chi connectivity index (χ3n) is 16.4. The van der Waals surface area contributed by atoms with Gasteiger partial charge in [0.15, 0.2) is 0 Å². The van der Waals surface area contributed by atoms with Crippen LogP contribution in [-0.4, -0.2) is 180 Å². The molecule has 3 aromatic carbocycles. The first-order valence-corrected chi connectivity index (χ1v) is 47.4. The number of benzene rings is 3. The van der Waals surface area contributed by atoms with Gasteiger partial charge in [-0.2, -0.15) is 0 Å². The molecule has 0 aromatic heterocycles. The minimum absolute atomic E-state index is 0.0381. The molecule has 455 valence electrons. The van der Waals surface area contributed by atoms with Crippen molar-refractivity contribution in [2.45, 2.75) is 146 Å². The fourth-order valence-corrected chi connectivity index (χ4v) is 17.2. The Morgan fingerprint density at radius 3 is 1.38 bits per heavy atom. The minimum atomic E-state index is -2.07. The van der Waals surface area contributed by atoms with Gasteiger partial charge in [0.1, 0.15) is 5.87 Å². The monoisotopic (exact) mass is 1790 g/mol. The van der Waals surface area contributed by atoms with Crippen LogP contribution in [0.5, 0.6) is 0 Å². The van der Waals surface area contributed by atoms with Gasteiger partial charge in [-0.3, -0.25) is 23.3 Å². The van der Waals surface area contributed by atoms with Crippen LogP contribution in [-0.2, 0) is 28.6 Å². The Hall–Kier alpha value is 0.727. The number of rotatable bonds is 15. The zero-order chi connectivity index (χ0) is 61.8. The molecule has 1 N–H and O–H groups in total. The SMILES string of the molecule is COC(=O)C1C(c2cc[c]([Sn]([CH3])([CH3])[CH3])cc2)CC2CCC1N2CCCF.COC(=O)C1C(c2ccc(I)cc2)CC2CCC1N2CCCF.COC(=O)C1C2CCC(CC1c1ccc(I)cc1)N2.FCCCBr.[3H]CP(F)I.[3H]PC.[F][Sn]. The Bertz CT molecular complexity index is 2330. The Kier molecular flexibility index (Phi) is 36.1. The van der Waals surface area contributed by atoms with Crippen molar-refractivity contribution in [1.82, 2.24) is 15.1 Å². The molecule has 6 heterocycles. The summed E-state index contributed by atoms with van der Waals surface area (Å²) in [5, 5.41) is 4.35. The summed E-state index contributed by atoms with van der Waals surface area (Å²) in [5.74, 6) is -1.36. The molecule has 6 aliphatic rings. The van der Waals surface area contributed by atoms with Gasteiger partial charge in [0.25, 0.3) is 0 Å². The topological polar surface area (TPSA) is 97.4 Å². The van der Waals surface area contributed by atoms with Gasteiger partial charge in [0.05, 0.1) is 40.7 Å². The molecule has 9 nitrogen and oxygen atoms in total. The second-order valence-corrected chi connectivity index (χ2v) is 43.4. The summed E-state index contributed by atoms with van der Waals surface area (Å²) >= 11 is 7.27. The van der Waals surface area contributed by atoms with Gasteiger partial charge in [0.2, 0.25) is 0 Å². The second kappa shape index (κ2) is 40.4. The first-order valence-electron chi connectivity index (χ1n) is 29.0. The van der Waals surface area contributed by atoms with Gasteiger partial charge >= 0.3 is 199 Å². The normalized spacial score (nSPS) is 27.6. The van der Waals surface area contributed by atoms with Crippen LogP contribution < -0.4 is 8.90 Å². The Balaban J connectivity index is 0.000000292. The molecule has 0 aliphatic carbocycles. The summed E-state index contributed by atoms with van der Waals surface area (Å²) in [6, 6.07) is 28.3. The van der Waals surface area contributed by atoms with Crippen molar-refractivity contribution in [3.63, 3.8) is 0 Å². The van der Waals surface area contributed by atoms with E-state index in [1.165, 1.54) is 55.2 Å². The van der Waals surface area contributed by atoms with Crippen molar-refractivity contribution >= 4 is 161 Å². The van der Waals surface area contributed by atoms with Crippen molar-refractivity contribution in [1.29, 1.82) is 1.28 Å². The number of halogens is 9. The van der Waals surface area contributed by atoms with Crippen LogP contribution in [0, 0.1) is 24.9 Å². The number of carbonyl (C=O) groups excluding carboxylic acids is 3. The maximum atomic E-state index is 12.7. The molecule has 6 fully saturated rings. The summed E-state index contributed by atoms with van der Waals surface area (Å²) in [4.78, 5) is 49.3. The van der Waals surface area contributed by atoms with Crippen LogP contribution in [0.2, 0.25) is 14.8 Å². The number of fused-ring (bicyclic) bond motifs is 6. The number of nitrogens with one attached hydrogen (secondary N) is 1. The quantitative estimate of drug-likeness (QED) is 0.0303. The average molecular weight is 1790 g/mol. The van der Waals surface area contributed by atoms with Gasteiger partial charge in [-0.1, -0.05) is 46.9 Å². The molecule has 3 radical (unpaired) electrons. The van der Waals surface area contributed by atoms with E-state index in [-0.39, 0.29) is 115 Å². The molecule has 81 heavy (non-hydrogen) atoms. The van der Waals surface area contributed by atoms with Gasteiger partial charge in [0, 0.05) is 56.4 Å². The predicted molar refractivity (Wildman–Crippen MR) is 359 cm³/mol. The van der Waals surface area contributed by atoms with E-state index in [2.05, 4.69) is 164 Å². The fourth-order valence-electron chi connectivity index (χ4n) is 13.0. The summed E-state index contributed by atoms with van der Waals surface area (Å²) in [6.45, 7) is 2.48. The van der Waals surface area contributed by atoms with Crippen molar-refractivity contribution < 1.29 is 50.2 Å². The standard InChI is InChI=1S/C18H23FINO2.C18H23FNO2.C15H18INO2.C3H6BrF.CH3FIP.CH5P.3CH3.FH.2Sn/c1-23-18(22)17-15(12-3-5-13(20)6-4-12)11-14-7-8-16(17)21(14)10-2-9-19;1-22-18(21)17-15(13-6-3-2-4-7-13)12-14-8-9-16(17)20(14)11-5-10-19;1-19-15(18)14-12(8-11-6-7-13(14)17-11)9-2-4-10(16)5-3-9;4-2-1-3-5;1-4(2)3;1-2;;;;;;/h3-6,14-17H,2,7-11H2,1H3;3-4,6-7,14-17H,5,8-12H2,1H3;2-5,11-14,17H,6-8H2,1H3;1-3H2;1H3;2H2,1H3;3*1H3;1H;;/q;;;;;;;;;;;+1/p-1/i;;;;1T;2T;;;;;;. The Labute approximate surface area is 554 Å². The number of hydrogen-bond acceptors (Lipinski definition) is 9. The van der Waals surface area contributed by atoms with E-state index in [1.54, 1.807) is 22.0 Å². The summed E-state index contributed by atoms with van der Waals surface area (Å²) in [5.41, 5.74) is 3.76.